The van der Waals surface area contributed by atoms with Crippen LogP contribution in [0.4, 0.5) is 4.39 Å². The molecule has 0 bridgehead atoms. The van der Waals surface area contributed by atoms with Crippen LogP contribution >= 0.6 is 0 Å². The summed E-state index contributed by atoms with van der Waals surface area (Å²) >= 11 is 0. The minimum absolute atomic E-state index is 0.885. The van der Waals surface area contributed by atoms with Gasteiger partial charge < -0.3 is 5.11 Å². The third-order valence-corrected chi connectivity index (χ3v) is 0.572. The number of hydrogen-bond acceptors (Lipinski definition) is 2. The maximum Gasteiger partial charge on any atom is 0.375 e. The van der Waals surface area contributed by atoms with Crippen LogP contribution in [0.3, 0.4) is 0 Å². The predicted octanol–water partition coefficient (Wildman–Crippen LogP) is -0.00190. The second kappa shape index (κ2) is 2.40. The Balaban J connectivity index is 3.84. The van der Waals surface area contributed by atoms with Crippen LogP contribution in [0.25, 0.3) is 0 Å². The van der Waals surface area contributed by atoms with Gasteiger partial charge in [-0.3, -0.25) is 4.79 Å². The Morgan fingerprint density at radius 1 is 1.62 bits per heavy atom. The van der Waals surface area contributed by atoms with Gasteiger partial charge in [-0.05, 0) is 6.92 Å². The van der Waals surface area contributed by atoms with Gasteiger partial charge in [-0.15, -0.1) is 0 Å². The van der Waals surface area contributed by atoms with Crippen molar-refractivity contribution < 1.29 is 19.1 Å². The number of hydrogen-bond donors (Lipinski definition) is 1. The summed E-state index contributed by atoms with van der Waals surface area (Å²) in [5.41, 5.74) is 0. The SMILES string of the molecule is CC(F)C(=O)C(=O)O. The van der Waals surface area contributed by atoms with E-state index in [1.54, 1.807) is 0 Å². The highest BCUT2D eigenvalue weighted by molar-refractivity contribution is 6.34. The molecular formula is C4H5FO3. The van der Waals surface area contributed by atoms with Gasteiger partial charge in [-0.1, -0.05) is 0 Å². The van der Waals surface area contributed by atoms with Gasteiger partial charge in [-0.2, -0.15) is 0 Å². The minimum atomic E-state index is -1.90. The first-order chi connectivity index (χ1) is 3.55. The van der Waals surface area contributed by atoms with Crippen molar-refractivity contribution >= 4 is 11.8 Å². The summed E-state index contributed by atoms with van der Waals surface area (Å²) in [5.74, 6) is -3.12. The highest BCUT2D eigenvalue weighted by atomic mass is 19.1. The summed E-state index contributed by atoms with van der Waals surface area (Å²) in [6.45, 7) is 0.885. The topological polar surface area (TPSA) is 54.4 Å². The lowest BCUT2D eigenvalue weighted by Crippen LogP contribution is -2.21. The van der Waals surface area contributed by atoms with Crippen LogP contribution in [-0.2, 0) is 9.59 Å². The summed E-state index contributed by atoms with van der Waals surface area (Å²) < 4.78 is 11.6. The van der Waals surface area contributed by atoms with Crippen molar-refractivity contribution in [3.8, 4) is 0 Å². The van der Waals surface area contributed by atoms with E-state index in [0.717, 1.165) is 6.92 Å². The molecule has 0 rings (SSSR count). The fraction of sp³-hybridized carbons (Fsp3) is 0.500. The molecule has 46 valence electrons. The molecule has 0 spiro atoms. The molecule has 8 heavy (non-hydrogen) atoms. The highest BCUT2D eigenvalue weighted by Crippen LogP contribution is 1.88. The zero-order valence-electron chi connectivity index (χ0n) is 4.22. The van der Waals surface area contributed by atoms with Gasteiger partial charge in [0, 0.05) is 0 Å². The van der Waals surface area contributed by atoms with Gasteiger partial charge >= 0.3 is 5.97 Å². The van der Waals surface area contributed by atoms with Crippen LogP contribution in [0.1, 0.15) is 6.92 Å². The van der Waals surface area contributed by atoms with Crippen LogP contribution < -0.4 is 0 Å². The van der Waals surface area contributed by atoms with Crippen molar-refractivity contribution in [1.29, 1.82) is 0 Å². The van der Waals surface area contributed by atoms with Crippen LogP contribution in [0.5, 0.6) is 0 Å². The molecule has 1 atom stereocenters. The third kappa shape index (κ3) is 1.68. The van der Waals surface area contributed by atoms with Crippen molar-refractivity contribution in [2.75, 3.05) is 0 Å². The Labute approximate surface area is 45.1 Å². The third-order valence-electron chi connectivity index (χ3n) is 0.572. The molecule has 0 saturated carbocycles. The van der Waals surface area contributed by atoms with Gasteiger partial charge in [0.05, 0.1) is 0 Å². The lowest BCUT2D eigenvalue weighted by atomic mass is 10.3. The second-order valence-corrected chi connectivity index (χ2v) is 1.29. The summed E-state index contributed by atoms with van der Waals surface area (Å²) in [5, 5.41) is 7.76. The summed E-state index contributed by atoms with van der Waals surface area (Å²) in [4.78, 5) is 19.4. The second-order valence-electron chi connectivity index (χ2n) is 1.29. The number of rotatable bonds is 2. The Hall–Kier alpha value is -0.930. The zero-order valence-corrected chi connectivity index (χ0v) is 4.22. The molecule has 0 amide bonds. The molecule has 1 unspecified atom stereocenters. The summed E-state index contributed by atoms with van der Waals surface area (Å²) in [6.07, 6.45) is -1.90. The highest BCUT2D eigenvalue weighted by Gasteiger charge is 2.18. The largest absolute Gasteiger partial charge is 0.475 e. The van der Waals surface area contributed by atoms with Gasteiger partial charge in [-0.25, -0.2) is 9.18 Å². The van der Waals surface area contributed by atoms with Crippen LogP contribution in [0.2, 0.25) is 0 Å². The molecule has 0 aliphatic heterocycles. The van der Waals surface area contributed by atoms with E-state index in [-0.39, 0.29) is 0 Å². The van der Waals surface area contributed by atoms with Crippen LogP contribution in [-0.4, -0.2) is 23.0 Å². The molecule has 0 saturated heterocycles. The molecule has 0 fully saturated rings. The van der Waals surface area contributed by atoms with E-state index >= 15 is 0 Å². The van der Waals surface area contributed by atoms with E-state index in [2.05, 4.69) is 0 Å². The molecule has 3 nitrogen and oxygen atoms in total. The Morgan fingerprint density at radius 2 is 2.00 bits per heavy atom. The maximum atomic E-state index is 11.6. The Morgan fingerprint density at radius 3 is 2.00 bits per heavy atom. The van der Waals surface area contributed by atoms with Gasteiger partial charge in [0.15, 0.2) is 6.17 Å². The monoisotopic (exact) mass is 120 g/mol. The number of ketones is 1. The Bertz CT molecular complexity index is 118. The zero-order chi connectivity index (χ0) is 6.73. The molecule has 0 aromatic heterocycles. The van der Waals surface area contributed by atoms with Gasteiger partial charge in [0.25, 0.3) is 5.78 Å². The fourth-order valence-electron chi connectivity index (χ4n) is 0.170. The van der Waals surface area contributed by atoms with Crippen molar-refractivity contribution in [3.05, 3.63) is 0 Å². The van der Waals surface area contributed by atoms with Crippen molar-refractivity contribution in [2.24, 2.45) is 0 Å². The van der Waals surface area contributed by atoms with Crippen molar-refractivity contribution in [3.63, 3.8) is 0 Å². The lowest BCUT2D eigenvalue weighted by molar-refractivity contribution is -0.151. The number of carboxylic acids is 1. The van der Waals surface area contributed by atoms with E-state index in [1.807, 2.05) is 0 Å². The van der Waals surface area contributed by atoms with Gasteiger partial charge in [0.1, 0.15) is 0 Å². The van der Waals surface area contributed by atoms with E-state index in [9.17, 15) is 14.0 Å². The number of carbonyl (C=O) groups is 2. The quantitative estimate of drug-likeness (QED) is 0.522. The predicted molar refractivity (Wildman–Crippen MR) is 23.2 cm³/mol. The fourth-order valence-corrected chi connectivity index (χ4v) is 0.170. The normalized spacial score (nSPS) is 12.8. The summed E-state index contributed by atoms with van der Waals surface area (Å²) in [7, 11) is 0. The first-order valence-electron chi connectivity index (χ1n) is 1.97. The van der Waals surface area contributed by atoms with E-state index in [4.69, 9.17) is 5.11 Å². The smallest absolute Gasteiger partial charge is 0.375 e. The number of aliphatic carboxylic acids is 1. The van der Waals surface area contributed by atoms with E-state index < -0.39 is 17.9 Å². The first-order valence-corrected chi connectivity index (χ1v) is 1.97. The minimum Gasteiger partial charge on any atom is -0.475 e. The number of alkyl halides is 1. The van der Waals surface area contributed by atoms with E-state index in [1.165, 1.54) is 0 Å². The van der Waals surface area contributed by atoms with Crippen molar-refractivity contribution in [2.45, 2.75) is 13.1 Å². The van der Waals surface area contributed by atoms with Gasteiger partial charge in [0.2, 0.25) is 0 Å². The average molecular weight is 120 g/mol. The molecule has 0 heterocycles. The maximum absolute atomic E-state index is 11.6. The first kappa shape index (κ1) is 7.07. The van der Waals surface area contributed by atoms with E-state index in [0.29, 0.717) is 0 Å². The standard InChI is InChI=1S/C4H5FO3/c1-2(5)3(6)4(7)8/h2H,1H3,(H,7,8). The lowest BCUT2D eigenvalue weighted by Gasteiger charge is -1.90. The molecule has 0 radical (unpaired) electrons. The molecular weight excluding hydrogens is 115 g/mol. The average Bonchev–Trinajstić information content (AvgIpc) is 1.64. The number of carboxylic acid groups (broad SMARTS) is 1. The molecule has 0 aromatic carbocycles. The molecule has 0 aliphatic rings. The molecule has 0 aromatic rings. The Kier molecular flexibility index (Phi) is 2.12. The van der Waals surface area contributed by atoms with Crippen LogP contribution in [0.15, 0.2) is 0 Å². The summed E-state index contributed by atoms with van der Waals surface area (Å²) in [6, 6.07) is 0. The van der Waals surface area contributed by atoms with Crippen molar-refractivity contribution in [1.82, 2.24) is 0 Å². The number of Topliss-reactive ketones (excluding diaryl/α,β-unsaturated/α-hetero) is 1. The molecule has 0 aliphatic carbocycles. The van der Waals surface area contributed by atoms with Crippen LogP contribution in [0, 0.1) is 0 Å². The molecule has 1 N–H and O–H groups in total. The number of halogens is 1. The molecule has 4 heteroatoms. The number of carbonyl (C=O) groups excluding carboxylic acids is 1.